The van der Waals surface area contributed by atoms with Gasteiger partial charge in [0.15, 0.2) is 0 Å². The van der Waals surface area contributed by atoms with Crippen LogP contribution in [0.2, 0.25) is 0 Å². The minimum atomic E-state index is -0.893. The van der Waals surface area contributed by atoms with E-state index in [9.17, 15) is 9.59 Å². The molecule has 20 heavy (non-hydrogen) atoms. The van der Waals surface area contributed by atoms with Crippen molar-refractivity contribution >= 4 is 28.0 Å². The zero-order valence-corrected chi connectivity index (χ0v) is 12.7. The standard InChI is InChI=1S/C12H16BrN3O4/c1-2-20-11(17)9-7-14-16(10(9)13)8-3-5-15(6-4-8)12(18)19/h7-8H,2-6H2,1H3,(H,18,19). The van der Waals surface area contributed by atoms with Gasteiger partial charge in [-0.15, -0.1) is 0 Å². The van der Waals surface area contributed by atoms with Crippen LogP contribution in [0.1, 0.15) is 36.2 Å². The van der Waals surface area contributed by atoms with Gasteiger partial charge in [-0.25, -0.2) is 9.59 Å². The van der Waals surface area contributed by atoms with Crippen molar-refractivity contribution in [3.63, 3.8) is 0 Å². The molecule has 2 heterocycles. The summed E-state index contributed by atoms with van der Waals surface area (Å²) in [4.78, 5) is 24.0. The first-order valence-electron chi connectivity index (χ1n) is 6.42. The molecule has 110 valence electrons. The fourth-order valence-corrected chi connectivity index (χ4v) is 2.89. The van der Waals surface area contributed by atoms with E-state index in [-0.39, 0.29) is 6.04 Å². The lowest BCUT2D eigenvalue weighted by atomic mass is 10.1. The molecule has 1 N–H and O–H groups in total. The van der Waals surface area contributed by atoms with E-state index in [1.54, 1.807) is 11.6 Å². The fraction of sp³-hybridized carbons (Fsp3) is 0.583. The quantitative estimate of drug-likeness (QED) is 0.848. The van der Waals surface area contributed by atoms with Crippen LogP contribution >= 0.6 is 15.9 Å². The molecule has 1 saturated heterocycles. The van der Waals surface area contributed by atoms with Gasteiger partial charge in [0.1, 0.15) is 10.2 Å². The summed E-state index contributed by atoms with van der Waals surface area (Å²) in [6.45, 7) is 3.01. The maximum absolute atomic E-state index is 11.7. The van der Waals surface area contributed by atoms with Crippen molar-refractivity contribution in [2.24, 2.45) is 0 Å². The van der Waals surface area contributed by atoms with Crippen LogP contribution in [0.25, 0.3) is 0 Å². The number of ether oxygens (including phenoxy) is 1. The predicted molar refractivity (Wildman–Crippen MR) is 73.8 cm³/mol. The molecule has 2 rings (SSSR count). The molecular weight excluding hydrogens is 330 g/mol. The molecule has 0 spiro atoms. The highest BCUT2D eigenvalue weighted by Crippen LogP contribution is 2.28. The first-order valence-corrected chi connectivity index (χ1v) is 7.21. The van der Waals surface area contributed by atoms with Gasteiger partial charge in [0, 0.05) is 13.1 Å². The topological polar surface area (TPSA) is 84.7 Å². The first kappa shape index (κ1) is 14.8. The Morgan fingerprint density at radius 1 is 1.50 bits per heavy atom. The van der Waals surface area contributed by atoms with Crippen molar-refractivity contribution in [2.75, 3.05) is 19.7 Å². The average Bonchev–Trinajstić information content (AvgIpc) is 2.81. The van der Waals surface area contributed by atoms with Gasteiger partial charge >= 0.3 is 12.1 Å². The van der Waals surface area contributed by atoms with Gasteiger partial charge in [0.25, 0.3) is 0 Å². The third kappa shape index (κ3) is 2.95. The van der Waals surface area contributed by atoms with Crippen LogP contribution in [0, 0.1) is 0 Å². The second-order valence-electron chi connectivity index (χ2n) is 4.51. The molecule has 7 nitrogen and oxygen atoms in total. The number of nitrogens with zero attached hydrogens (tertiary/aromatic N) is 3. The number of halogens is 1. The van der Waals surface area contributed by atoms with Crippen molar-refractivity contribution < 1.29 is 19.4 Å². The van der Waals surface area contributed by atoms with E-state index in [0.717, 1.165) is 0 Å². The van der Waals surface area contributed by atoms with Crippen LogP contribution < -0.4 is 0 Å². The molecule has 0 aromatic carbocycles. The highest BCUT2D eigenvalue weighted by molar-refractivity contribution is 9.10. The number of carbonyl (C=O) groups is 2. The summed E-state index contributed by atoms with van der Waals surface area (Å²) in [5.74, 6) is -0.409. The Morgan fingerprint density at radius 2 is 2.15 bits per heavy atom. The molecule has 0 radical (unpaired) electrons. The molecule has 0 bridgehead atoms. The number of hydrogen-bond donors (Lipinski definition) is 1. The van der Waals surface area contributed by atoms with E-state index in [4.69, 9.17) is 9.84 Å². The molecule has 0 aliphatic carbocycles. The van der Waals surface area contributed by atoms with E-state index in [1.807, 2.05) is 0 Å². The summed E-state index contributed by atoms with van der Waals surface area (Å²) < 4.78 is 7.27. The number of carbonyl (C=O) groups excluding carboxylic acids is 1. The lowest BCUT2D eigenvalue weighted by Gasteiger charge is -2.30. The zero-order chi connectivity index (χ0) is 14.7. The van der Waals surface area contributed by atoms with Gasteiger partial charge in [-0.2, -0.15) is 5.10 Å². The third-order valence-electron chi connectivity index (χ3n) is 3.31. The zero-order valence-electron chi connectivity index (χ0n) is 11.1. The second-order valence-corrected chi connectivity index (χ2v) is 5.27. The number of likely N-dealkylation sites (tertiary alicyclic amines) is 1. The molecule has 1 aliphatic heterocycles. The number of aromatic nitrogens is 2. The summed E-state index contributed by atoms with van der Waals surface area (Å²) >= 11 is 3.37. The summed E-state index contributed by atoms with van der Waals surface area (Å²) in [7, 11) is 0. The fourth-order valence-electron chi connectivity index (χ4n) is 2.25. The van der Waals surface area contributed by atoms with Crippen molar-refractivity contribution in [3.05, 3.63) is 16.4 Å². The number of hydrogen-bond acceptors (Lipinski definition) is 4. The number of amides is 1. The maximum Gasteiger partial charge on any atom is 0.407 e. The molecule has 0 atom stereocenters. The van der Waals surface area contributed by atoms with E-state index in [0.29, 0.717) is 42.7 Å². The molecule has 1 fully saturated rings. The molecule has 1 aromatic heterocycles. The van der Waals surface area contributed by atoms with Crippen molar-refractivity contribution in [1.29, 1.82) is 0 Å². The molecule has 8 heteroatoms. The van der Waals surface area contributed by atoms with Crippen molar-refractivity contribution in [2.45, 2.75) is 25.8 Å². The van der Waals surface area contributed by atoms with Gasteiger partial charge in [0.2, 0.25) is 0 Å². The number of piperidine rings is 1. The van der Waals surface area contributed by atoms with Gasteiger partial charge in [-0.05, 0) is 35.7 Å². The van der Waals surface area contributed by atoms with Gasteiger partial charge in [-0.1, -0.05) is 0 Å². The highest BCUT2D eigenvalue weighted by Gasteiger charge is 2.27. The molecule has 0 saturated carbocycles. The number of carboxylic acid groups (broad SMARTS) is 1. The van der Waals surface area contributed by atoms with E-state index >= 15 is 0 Å². The Labute approximate surface area is 124 Å². The lowest BCUT2D eigenvalue weighted by molar-refractivity contribution is 0.0525. The second kappa shape index (κ2) is 6.25. The molecule has 1 aromatic rings. The summed E-state index contributed by atoms with van der Waals surface area (Å²) in [5, 5.41) is 13.1. The smallest absolute Gasteiger partial charge is 0.407 e. The van der Waals surface area contributed by atoms with Crippen LogP contribution in [0.15, 0.2) is 10.8 Å². The Morgan fingerprint density at radius 3 is 2.70 bits per heavy atom. The minimum Gasteiger partial charge on any atom is -0.465 e. The Hall–Kier alpha value is -1.57. The molecule has 0 unspecified atom stereocenters. The van der Waals surface area contributed by atoms with Gasteiger partial charge in [0.05, 0.1) is 18.8 Å². The van der Waals surface area contributed by atoms with Crippen molar-refractivity contribution in [1.82, 2.24) is 14.7 Å². The third-order valence-corrected chi connectivity index (χ3v) is 4.10. The molecular formula is C12H16BrN3O4. The predicted octanol–water partition coefficient (Wildman–Crippen LogP) is 2.14. The minimum absolute atomic E-state index is 0.0863. The maximum atomic E-state index is 11.7. The van der Waals surface area contributed by atoms with Crippen LogP contribution in [0.5, 0.6) is 0 Å². The van der Waals surface area contributed by atoms with Crippen LogP contribution in [0.3, 0.4) is 0 Å². The molecule has 1 aliphatic rings. The van der Waals surface area contributed by atoms with E-state index in [1.165, 1.54) is 11.1 Å². The van der Waals surface area contributed by atoms with Crippen LogP contribution in [-0.2, 0) is 4.74 Å². The highest BCUT2D eigenvalue weighted by atomic mass is 79.9. The van der Waals surface area contributed by atoms with Crippen molar-refractivity contribution in [3.8, 4) is 0 Å². The summed E-state index contributed by atoms with van der Waals surface area (Å²) in [6, 6.07) is 0.0863. The number of esters is 1. The lowest BCUT2D eigenvalue weighted by Crippen LogP contribution is -2.38. The normalized spacial score (nSPS) is 16.2. The first-order chi connectivity index (χ1) is 9.54. The van der Waals surface area contributed by atoms with Gasteiger partial charge < -0.3 is 14.7 Å². The largest absolute Gasteiger partial charge is 0.465 e. The monoisotopic (exact) mass is 345 g/mol. The van der Waals surface area contributed by atoms with Crippen LogP contribution in [-0.4, -0.2) is 51.5 Å². The number of rotatable bonds is 3. The Balaban J connectivity index is 2.08. The Bertz CT molecular complexity index is 509. The SMILES string of the molecule is CCOC(=O)c1cnn(C2CCN(C(=O)O)CC2)c1Br. The average molecular weight is 346 g/mol. The summed E-state index contributed by atoms with van der Waals surface area (Å²) in [5.41, 5.74) is 0.396. The van der Waals surface area contributed by atoms with Gasteiger partial charge in [-0.3, -0.25) is 4.68 Å². The van der Waals surface area contributed by atoms with E-state index in [2.05, 4.69) is 21.0 Å². The van der Waals surface area contributed by atoms with E-state index < -0.39 is 12.1 Å². The molecule has 1 amide bonds. The van der Waals surface area contributed by atoms with Crippen LogP contribution in [0.4, 0.5) is 4.79 Å². The Kier molecular flexibility index (Phi) is 4.64. The summed E-state index contributed by atoms with van der Waals surface area (Å²) in [6.07, 6.45) is 1.94.